The first-order chi connectivity index (χ1) is 13.0. The van der Waals surface area contributed by atoms with Gasteiger partial charge in [-0.2, -0.15) is 0 Å². The number of nitrogens with zero attached hydrogens (tertiary/aromatic N) is 1. The van der Waals surface area contributed by atoms with E-state index in [0.29, 0.717) is 18.4 Å². The molecule has 1 aliphatic rings. The highest BCUT2D eigenvalue weighted by atomic mass is 16.5. The van der Waals surface area contributed by atoms with Gasteiger partial charge in [0.2, 0.25) is 12.3 Å². The highest BCUT2D eigenvalue weighted by Gasteiger charge is 2.32. The van der Waals surface area contributed by atoms with Crippen molar-refractivity contribution in [3.05, 3.63) is 53.6 Å². The van der Waals surface area contributed by atoms with Crippen LogP contribution in [-0.2, 0) is 14.3 Å². The van der Waals surface area contributed by atoms with E-state index in [1.165, 1.54) is 7.11 Å². The first-order valence-electron chi connectivity index (χ1n) is 8.78. The maximum Gasteiger partial charge on any atom is 0.337 e. The molecule has 6 heteroatoms. The van der Waals surface area contributed by atoms with E-state index in [-0.39, 0.29) is 24.0 Å². The van der Waals surface area contributed by atoms with Crippen molar-refractivity contribution < 1.29 is 19.1 Å². The molecule has 0 radical (unpaired) electrons. The number of amides is 2. The topological polar surface area (TPSA) is 75.7 Å². The van der Waals surface area contributed by atoms with Crippen molar-refractivity contribution in [3.8, 4) is 11.1 Å². The lowest BCUT2D eigenvalue weighted by atomic mass is 9.89. The van der Waals surface area contributed by atoms with Gasteiger partial charge in [0.05, 0.1) is 18.7 Å². The molecule has 0 spiro atoms. The van der Waals surface area contributed by atoms with Crippen molar-refractivity contribution in [1.29, 1.82) is 0 Å². The predicted octanol–water partition coefficient (Wildman–Crippen LogP) is 3.07. The number of methoxy groups -OCH3 is 1. The highest BCUT2D eigenvalue weighted by molar-refractivity contribution is 5.94. The van der Waals surface area contributed by atoms with E-state index >= 15 is 0 Å². The number of benzene rings is 2. The molecule has 2 aromatic rings. The average molecular weight is 366 g/mol. The van der Waals surface area contributed by atoms with E-state index < -0.39 is 0 Å². The molecule has 2 aromatic carbocycles. The van der Waals surface area contributed by atoms with Crippen LogP contribution in [0.15, 0.2) is 42.5 Å². The fourth-order valence-electron chi connectivity index (χ4n) is 3.68. The summed E-state index contributed by atoms with van der Waals surface area (Å²) in [6.07, 6.45) is 1.35. The van der Waals surface area contributed by atoms with Crippen LogP contribution in [0.1, 0.15) is 42.2 Å². The molecule has 3 rings (SSSR count). The quantitative estimate of drug-likeness (QED) is 0.666. The standard InChI is InChI=1S/C21H22N2O4/c1-13-10-19(22-12-24)18-11-17(8-9-20(18)23(13)14(2)25)15-4-6-16(7-5-15)21(26)27-3/h4-9,11-13,19H,10H2,1-3H3,(H,22,24)/t13-,19+/m0/s1. The van der Waals surface area contributed by atoms with Crippen molar-refractivity contribution in [2.45, 2.75) is 32.4 Å². The minimum Gasteiger partial charge on any atom is -0.465 e. The van der Waals surface area contributed by atoms with Crippen LogP contribution in [0.2, 0.25) is 0 Å². The van der Waals surface area contributed by atoms with E-state index in [0.717, 1.165) is 22.4 Å². The zero-order valence-electron chi connectivity index (χ0n) is 15.6. The number of hydrogen-bond acceptors (Lipinski definition) is 4. The van der Waals surface area contributed by atoms with Gasteiger partial charge in [0, 0.05) is 18.7 Å². The van der Waals surface area contributed by atoms with Gasteiger partial charge in [-0.1, -0.05) is 18.2 Å². The number of carbonyl (C=O) groups is 3. The minimum atomic E-state index is -0.381. The van der Waals surface area contributed by atoms with Crippen LogP contribution >= 0.6 is 0 Å². The Balaban J connectivity index is 2.03. The van der Waals surface area contributed by atoms with Gasteiger partial charge in [-0.15, -0.1) is 0 Å². The number of nitrogens with one attached hydrogen (secondary N) is 1. The van der Waals surface area contributed by atoms with Crippen LogP contribution in [-0.4, -0.2) is 31.4 Å². The average Bonchev–Trinajstić information content (AvgIpc) is 2.67. The third-order valence-electron chi connectivity index (χ3n) is 4.93. The molecule has 0 unspecified atom stereocenters. The van der Waals surface area contributed by atoms with Gasteiger partial charge in [0.15, 0.2) is 0 Å². The number of hydrogen-bond donors (Lipinski definition) is 1. The molecule has 0 bridgehead atoms. The molecule has 140 valence electrons. The van der Waals surface area contributed by atoms with Gasteiger partial charge >= 0.3 is 5.97 Å². The van der Waals surface area contributed by atoms with E-state index in [1.807, 2.05) is 37.3 Å². The summed E-state index contributed by atoms with van der Waals surface area (Å²) in [5.41, 5.74) is 4.08. The molecule has 0 fully saturated rings. The van der Waals surface area contributed by atoms with Crippen molar-refractivity contribution in [2.75, 3.05) is 12.0 Å². The lowest BCUT2D eigenvalue weighted by molar-refractivity contribution is -0.117. The van der Waals surface area contributed by atoms with Gasteiger partial charge in [-0.25, -0.2) is 4.79 Å². The fraction of sp³-hybridized carbons (Fsp3) is 0.286. The largest absolute Gasteiger partial charge is 0.465 e. The molecule has 1 aliphatic heterocycles. The number of esters is 1. The molecule has 1 N–H and O–H groups in total. The molecule has 2 amide bonds. The van der Waals surface area contributed by atoms with Crippen LogP contribution < -0.4 is 10.2 Å². The second-order valence-electron chi connectivity index (χ2n) is 6.65. The van der Waals surface area contributed by atoms with Crippen molar-refractivity contribution >= 4 is 24.0 Å². The van der Waals surface area contributed by atoms with E-state index in [2.05, 4.69) is 5.32 Å². The Bertz CT molecular complexity index is 876. The van der Waals surface area contributed by atoms with Crippen molar-refractivity contribution in [2.24, 2.45) is 0 Å². The smallest absolute Gasteiger partial charge is 0.337 e. The third-order valence-corrected chi connectivity index (χ3v) is 4.93. The number of rotatable bonds is 4. The molecule has 6 nitrogen and oxygen atoms in total. The Morgan fingerprint density at radius 2 is 1.81 bits per heavy atom. The lowest BCUT2D eigenvalue weighted by Crippen LogP contribution is -2.44. The number of carbonyl (C=O) groups excluding carboxylic acids is 3. The number of anilines is 1. The van der Waals surface area contributed by atoms with Crippen LogP contribution in [0, 0.1) is 0 Å². The molecular weight excluding hydrogens is 344 g/mol. The number of ether oxygens (including phenoxy) is 1. The summed E-state index contributed by atoms with van der Waals surface area (Å²) in [5, 5.41) is 2.86. The zero-order valence-corrected chi connectivity index (χ0v) is 15.6. The third kappa shape index (κ3) is 3.56. The van der Waals surface area contributed by atoms with Gasteiger partial charge in [0.1, 0.15) is 0 Å². The molecule has 0 saturated carbocycles. The van der Waals surface area contributed by atoms with E-state index in [9.17, 15) is 14.4 Å². The normalized spacial score (nSPS) is 18.4. The highest BCUT2D eigenvalue weighted by Crippen LogP contribution is 2.39. The Morgan fingerprint density at radius 3 is 2.41 bits per heavy atom. The zero-order chi connectivity index (χ0) is 19.6. The predicted molar refractivity (Wildman–Crippen MR) is 102 cm³/mol. The molecule has 0 aromatic heterocycles. The summed E-state index contributed by atoms with van der Waals surface area (Å²) in [7, 11) is 1.35. The van der Waals surface area contributed by atoms with Crippen LogP contribution in [0.4, 0.5) is 5.69 Å². The molecule has 2 atom stereocenters. The van der Waals surface area contributed by atoms with Crippen molar-refractivity contribution in [1.82, 2.24) is 5.32 Å². The Labute approximate surface area is 158 Å². The monoisotopic (exact) mass is 366 g/mol. The summed E-state index contributed by atoms with van der Waals surface area (Å²) in [5.74, 6) is -0.406. The van der Waals surface area contributed by atoms with Gasteiger partial charge < -0.3 is 15.0 Å². The maximum atomic E-state index is 12.1. The Hall–Kier alpha value is -3.15. The van der Waals surface area contributed by atoms with Gasteiger partial charge in [-0.05, 0) is 54.3 Å². The number of fused-ring (bicyclic) bond motifs is 1. The minimum absolute atomic E-state index is 0.00219. The molecular formula is C21H22N2O4. The second-order valence-corrected chi connectivity index (χ2v) is 6.65. The van der Waals surface area contributed by atoms with Crippen LogP contribution in [0.3, 0.4) is 0 Å². The molecule has 1 heterocycles. The van der Waals surface area contributed by atoms with Gasteiger partial charge in [-0.3, -0.25) is 9.59 Å². The first kappa shape index (κ1) is 18.6. The van der Waals surface area contributed by atoms with E-state index in [4.69, 9.17) is 4.74 Å². The van der Waals surface area contributed by atoms with E-state index in [1.54, 1.807) is 24.0 Å². The maximum absolute atomic E-state index is 12.1. The molecule has 0 saturated heterocycles. The SMILES string of the molecule is COC(=O)c1ccc(-c2ccc3c(c2)[C@H](NC=O)C[C@H](C)N3C(C)=O)cc1. The summed E-state index contributed by atoms with van der Waals surface area (Å²) in [6, 6.07) is 12.8. The van der Waals surface area contributed by atoms with Crippen molar-refractivity contribution in [3.63, 3.8) is 0 Å². The lowest BCUT2D eigenvalue weighted by Gasteiger charge is -2.39. The molecule has 27 heavy (non-hydrogen) atoms. The Morgan fingerprint density at radius 1 is 1.15 bits per heavy atom. The Kier molecular flexibility index (Phi) is 5.26. The van der Waals surface area contributed by atoms with Crippen LogP contribution in [0.25, 0.3) is 11.1 Å². The fourth-order valence-corrected chi connectivity index (χ4v) is 3.68. The summed E-state index contributed by atoms with van der Waals surface area (Å²) < 4.78 is 4.72. The summed E-state index contributed by atoms with van der Waals surface area (Å²) in [6.45, 7) is 3.52. The second kappa shape index (κ2) is 7.61. The summed E-state index contributed by atoms with van der Waals surface area (Å²) >= 11 is 0. The summed E-state index contributed by atoms with van der Waals surface area (Å²) in [4.78, 5) is 36.5. The molecule has 0 aliphatic carbocycles. The van der Waals surface area contributed by atoms with Crippen LogP contribution in [0.5, 0.6) is 0 Å². The first-order valence-corrected chi connectivity index (χ1v) is 8.78. The van der Waals surface area contributed by atoms with Gasteiger partial charge in [0.25, 0.3) is 0 Å².